The van der Waals surface area contributed by atoms with E-state index in [0.717, 1.165) is 39.0 Å². The molecule has 0 bridgehead atoms. The smallest absolute Gasteiger partial charge is 0.254 e. The number of rotatable bonds is 7. The van der Waals surface area contributed by atoms with Gasteiger partial charge in [-0.25, -0.2) is 0 Å². The van der Waals surface area contributed by atoms with E-state index in [-0.39, 0.29) is 5.91 Å². The Kier molecular flexibility index (Phi) is 6.07. The Bertz CT molecular complexity index is 611. The number of nitrogens with one attached hydrogen (secondary N) is 1. The van der Waals surface area contributed by atoms with Gasteiger partial charge in [-0.1, -0.05) is 24.9 Å². The second kappa shape index (κ2) is 8.28. The summed E-state index contributed by atoms with van der Waals surface area (Å²) in [7, 11) is 0. The molecule has 1 aromatic rings. The Hall–Kier alpha value is -1.46. The molecule has 0 unspecified atom stereocenters. The van der Waals surface area contributed by atoms with E-state index in [0.29, 0.717) is 47.1 Å². The van der Waals surface area contributed by atoms with E-state index < -0.39 is 0 Å². The summed E-state index contributed by atoms with van der Waals surface area (Å²) in [5.74, 6) is 2.26. The van der Waals surface area contributed by atoms with Gasteiger partial charge in [0.1, 0.15) is 0 Å². The number of amides is 1. The summed E-state index contributed by atoms with van der Waals surface area (Å²) in [6, 6.07) is 3.48. The fraction of sp³-hybridized carbons (Fsp3) is 0.632. The van der Waals surface area contributed by atoms with Crippen LogP contribution in [-0.2, 0) is 0 Å². The lowest BCUT2D eigenvalue weighted by Crippen LogP contribution is -2.31. The summed E-state index contributed by atoms with van der Waals surface area (Å²) in [4.78, 5) is 14.8. The average Bonchev–Trinajstić information content (AvgIpc) is 3.18. The Morgan fingerprint density at radius 2 is 1.96 bits per heavy atom. The average molecular weight is 367 g/mol. The topological polar surface area (TPSA) is 50.8 Å². The van der Waals surface area contributed by atoms with E-state index >= 15 is 0 Å². The van der Waals surface area contributed by atoms with Crippen LogP contribution in [0.5, 0.6) is 11.5 Å². The Morgan fingerprint density at radius 3 is 2.60 bits per heavy atom. The highest BCUT2D eigenvalue weighted by molar-refractivity contribution is 6.32. The van der Waals surface area contributed by atoms with Crippen molar-refractivity contribution in [3.05, 3.63) is 22.7 Å². The molecule has 1 amide bonds. The Balaban J connectivity index is 1.77. The van der Waals surface area contributed by atoms with Gasteiger partial charge in [0.15, 0.2) is 11.5 Å². The van der Waals surface area contributed by atoms with Crippen molar-refractivity contribution in [1.29, 1.82) is 0 Å². The molecule has 2 aliphatic rings. The van der Waals surface area contributed by atoms with Crippen molar-refractivity contribution < 1.29 is 14.3 Å². The molecule has 1 aromatic carbocycles. The number of carbonyl (C=O) groups is 1. The molecular weight excluding hydrogens is 340 g/mol. The van der Waals surface area contributed by atoms with Gasteiger partial charge in [-0.05, 0) is 37.3 Å². The summed E-state index contributed by atoms with van der Waals surface area (Å²) in [6.45, 7) is 8.74. The van der Waals surface area contributed by atoms with Gasteiger partial charge in [0.2, 0.25) is 0 Å². The summed E-state index contributed by atoms with van der Waals surface area (Å²) in [5.41, 5.74) is 0.573. The van der Waals surface area contributed by atoms with Crippen molar-refractivity contribution in [2.24, 2.45) is 11.8 Å². The van der Waals surface area contributed by atoms with Gasteiger partial charge in [-0.2, -0.15) is 0 Å². The molecule has 0 spiro atoms. The van der Waals surface area contributed by atoms with Crippen molar-refractivity contribution >= 4 is 17.5 Å². The van der Waals surface area contributed by atoms with Gasteiger partial charge >= 0.3 is 0 Å². The van der Waals surface area contributed by atoms with Gasteiger partial charge in [0.05, 0.1) is 18.2 Å². The van der Waals surface area contributed by atoms with E-state index in [1.807, 2.05) is 11.8 Å². The molecular formula is C19H27ClN2O3. The van der Waals surface area contributed by atoms with Crippen LogP contribution in [0.25, 0.3) is 0 Å². The molecule has 2 saturated heterocycles. The number of carbonyl (C=O) groups excluding carboxylic acids is 1. The number of hydrogen-bond acceptors (Lipinski definition) is 4. The fourth-order valence-electron chi connectivity index (χ4n) is 3.62. The molecule has 6 heteroatoms. The number of halogens is 1. The highest BCUT2D eigenvalue weighted by atomic mass is 35.5. The van der Waals surface area contributed by atoms with Crippen LogP contribution in [0.4, 0.5) is 0 Å². The monoisotopic (exact) mass is 366 g/mol. The quantitative estimate of drug-likeness (QED) is 0.753. The van der Waals surface area contributed by atoms with Gasteiger partial charge in [0, 0.05) is 31.7 Å². The highest BCUT2D eigenvalue weighted by Gasteiger charge is 2.38. The number of hydrogen-bond donors (Lipinski definition) is 1. The molecule has 2 aliphatic heterocycles. The van der Waals surface area contributed by atoms with Crippen molar-refractivity contribution in [3.8, 4) is 11.5 Å². The maximum Gasteiger partial charge on any atom is 0.254 e. The second-order valence-electron chi connectivity index (χ2n) is 6.81. The van der Waals surface area contributed by atoms with E-state index in [2.05, 4.69) is 12.2 Å². The molecule has 0 saturated carbocycles. The molecule has 0 aromatic heterocycles. The van der Waals surface area contributed by atoms with E-state index in [1.54, 1.807) is 12.1 Å². The summed E-state index contributed by atoms with van der Waals surface area (Å²) in [5, 5.41) is 3.83. The lowest BCUT2D eigenvalue weighted by atomic mass is 10.0. The lowest BCUT2D eigenvalue weighted by molar-refractivity contribution is 0.0781. The molecule has 0 radical (unpaired) electrons. The standard InChI is InChI=1S/C19H27ClN2O3/c1-3-5-6-25-18-16(20)7-13(8-17(18)24-4-2)19(23)22-11-14-9-21-10-15(14)12-22/h7-8,14-15,21H,3-6,9-12H2,1-2H3/t14-,15+. The zero-order chi connectivity index (χ0) is 17.8. The number of fused-ring (bicyclic) bond motifs is 1. The number of likely N-dealkylation sites (tertiary alicyclic amines) is 1. The summed E-state index contributed by atoms with van der Waals surface area (Å²) in [6.07, 6.45) is 2.00. The van der Waals surface area contributed by atoms with Crippen LogP contribution in [0.15, 0.2) is 12.1 Å². The van der Waals surface area contributed by atoms with Crippen molar-refractivity contribution in [2.45, 2.75) is 26.7 Å². The zero-order valence-electron chi connectivity index (χ0n) is 15.0. The van der Waals surface area contributed by atoms with E-state index in [1.165, 1.54) is 0 Å². The van der Waals surface area contributed by atoms with E-state index in [4.69, 9.17) is 21.1 Å². The minimum Gasteiger partial charge on any atom is -0.490 e. The second-order valence-corrected chi connectivity index (χ2v) is 7.22. The van der Waals surface area contributed by atoms with Crippen LogP contribution >= 0.6 is 11.6 Å². The van der Waals surface area contributed by atoms with Crippen LogP contribution in [0.2, 0.25) is 5.02 Å². The molecule has 0 aliphatic carbocycles. The molecule has 2 heterocycles. The fourth-order valence-corrected chi connectivity index (χ4v) is 3.88. The SMILES string of the molecule is CCCCOc1c(Cl)cc(C(=O)N2C[C@H]3CNC[C@H]3C2)cc1OCC. The third-order valence-corrected chi connectivity index (χ3v) is 5.26. The maximum atomic E-state index is 12.9. The van der Waals surface area contributed by atoms with Crippen LogP contribution in [0.1, 0.15) is 37.0 Å². The minimum atomic E-state index is 0.0253. The molecule has 2 fully saturated rings. The normalized spacial score (nSPS) is 22.1. The highest BCUT2D eigenvalue weighted by Crippen LogP contribution is 2.38. The Morgan fingerprint density at radius 1 is 1.24 bits per heavy atom. The van der Waals surface area contributed by atoms with Crippen molar-refractivity contribution in [2.75, 3.05) is 39.4 Å². The molecule has 5 nitrogen and oxygen atoms in total. The zero-order valence-corrected chi connectivity index (χ0v) is 15.8. The van der Waals surface area contributed by atoms with Crippen LogP contribution in [0.3, 0.4) is 0 Å². The number of benzene rings is 1. The van der Waals surface area contributed by atoms with Crippen LogP contribution in [0, 0.1) is 11.8 Å². The number of unbranched alkanes of at least 4 members (excludes halogenated alkanes) is 1. The van der Waals surface area contributed by atoms with Gasteiger partial charge in [0.25, 0.3) is 5.91 Å². The molecule has 2 atom stereocenters. The predicted octanol–water partition coefficient (Wildman–Crippen LogP) is 3.21. The first kappa shape index (κ1) is 18.3. The van der Waals surface area contributed by atoms with Gasteiger partial charge in [-0.15, -0.1) is 0 Å². The first-order valence-corrected chi connectivity index (χ1v) is 9.61. The molecule has 138 valence electrons. The first-order valence-electron chi connectivity index (χ1n) is 9.23. The Labute approximate surface area is 154 Å². The minimum absolute atomic E-state index is 0.0253. The van der Waals surface area contributed by atoms with Gasteiger partial charge < -0.3 is 19.7 Å². The number of ether oxygens (including phenoxy) is 2. The maximum absolute atomic E-state index is 12.9. The first-order chi connectivity index (χ1) is 12.1. The van der Waals surface area contributed by atoms with Crippen molar-refractivity contribution in [3.63, 3.8) is 0 Å². The number of nitrogens with zero attached hydrogens (tertiary/aromatic N) is 1. The summed E-state index contributed by atoms with van der Waals surface area (Å²) < 4.78 is 11.5. The third-order valence-electron chi connectivity index (χ3n) is 4.98. The van der Waals surface area contributed by atoms with E-state index in [9.17, 15) is 4.79 Å². The van der Waals surface area contributed by atoms with Crippen LogP contribution in [-0.4, -0.2) is 50.2 Å². The largest absolute Gasteiger partial charge is 0.490 e. The molecule has 25 heavy (non-hydrogen) atoms. The summed E-state index contributed by atoms with van der Waals surface area (Å²) >= 11 is 6.41. The molecule has 1 N–H and O–H groups in total. The molecule has 3 rings (SSSR count). The predicted molar refractivity (Wildman–Crippen MR) is 98.8 cm³/mol. The third kappa shape index (κ3) is 4.04. The lowest BCUT2D eigenvalue weighted by Gasteiger charge is -2.20. The van der Waals surface area contributed by atoms with Gasteiger partial charge in [-0.3, -0.25) is 4.79 Å². The van der Waals surface area contributed by atoms with Crippen molar-refractivity contribution in [1.82, 2.24) is 10.2 Å². The van der Waals surface area contributed by atoms with Crippen LogP contribution < -0.4 is 14.8 Å².